The smallest absolute Gasteiger partial charge is 0.273 e. The monoisotopic (exact) mass is 372 g/mol. The van der Waals surface area contributed by atoms with Crippen LogP contribution in [0.4, 0.5) is 0 Å². The highest BCUT2D eigenvalue weighted by Gasteiger charge is 2.26. The Morgan fingerprint density at radius 1 is 1.31 bits per heavy atom. The van der Waals surface area contributed by atoms with Gasteiger partial charge in [0.05, 0.1) is 5.01 Å². The minimum absolute atomic E-state index is 0.0341. The zero-order valence-electron chi connectivity index (χ0n) is 14.9. The van der Waals surface area contributed by atoms with E-state index in [-0.39, 0.29) is 17.9 Å². The van der Waals surface area contributed by atoms with Crippen LogP contribution in [0.15, 0.2) is 29.6 Å². The Balaban J connectivity index is 1.53. The summed E-state index contributed by atoms with van der Waals surface area (Å²) in [6, 6.07) is 7.66. The molecule has 0 bridgehead atoms. The van der Waals surface area contributed by atoms with E-state index in [2.05, 4.69) is 10.3 Å². The zero-order valence-corrected chi connectivity index (χ0v) is 15.7. The number of likely N-dealkylation sites (tertiary alicyclic amines) is 1. The van der Waals surface area contributed by atoms with Gasteiger partial charge in [0, 0.05) is 36.5 Å². The molecule has 1 aromatic heterocycles. The first kappa shape index (κ1) is 18.5. The van der Waals surface area contributed by atoms with Crippen molar-refractivity contribution in [3.05, 3.63) is 51.5 Å². The van der Waals surface area contributed by atoms with Crippen LogP contribution >= 0.6 is 11.3 Å². The quantitative estimate of drug-likeness (QED) is 0.840. The number of carbonyl (C=O) groups is 2. The van der Waals surface area contributed by atoms with Crippen molar-refractivity contribution < 1.29 is 9.59 Å². The van der Waals surface area contributed by atoms with Crippen LogP contribution in [-0.4, -0.2) is 47.4 Å². The third-order valence-corrected chi connectivity index (χ3v) is 5.54. The van der Waals surface area contributed by atoms with E-state index < -0.39 is 0 Å². The van der Waals surface area contributed by atoms with Gasteiger partial charge in [-0.05, 0) is 37.9 Å². The molecule has 2 heterocycles. The number of amides is 2. The third kappa shape index (κ3) is 4.28. The predicted octanol–water partition coefficient (Wildman–Crippen LogP) is 1.99. The van der Waals surface area contributed by atoms with E-state index in [1.807, 2.05) is 36.1 Å². The fourth-order valence-corrected chi connectivity index (χ4v) is 3.92. The van der Waals surface area contributed by atoms with Crippen LogP contribution in [0.5, 0.6) is 0 Å². The van der Waals surface area contributed by atoms with Gasteiger partial charge in [0.15, 0.2) is 0 Å². The van der Waals surface area contributed by atoms with Crippen molar-refractivity contribution in [2.75, 3.05) is 19.6 Å². The lowest BCUT2D eigenvalue weighted by molar-refractivity contribution is 0.0693. The lowest BCUT2D eigenvalue weighted by Crippen LogP contribution is -2.46. The average Bonchev–Trinajstić information content (AvgIpc) is 3.11. The summed E-state index contributed by atoms with van der Waals surface area (Å²) in [6.07, 6.45) is 2.21. The molecule has 2 amide bonds. The Kier molecular flexibility index (Phi) is 6.00. The van der Waals surface area contributed by atoms with E-state index in [1.54, 1.807) is 5.38 Å². The molecule has 0 spiro atoms. The van der Waals surface area contributed by atoms with E-state index in [4.69, 9.17) is 5.73 Å². The number of benzene rings is 1. The maximum atomic E-state index is 12.6. The molecular weight excluding hydrogens is 348 g/mol. The summed E-state index contributed by atoms with van der Waals surface area (Å²) in [5.41, 5.74) is 7.71. The standard InChI is InChI=1S/C19H24N4O2S/c1-13-4-2-3-5-15(13)18(24)21-14-7-10-23(11-8-14)19(25)16-12-26-17(22-16)6-9-20/h2-5,12,14H,6-11,20H2,1H3,(H,21,24). The number of thiazole rings is 1. The summed E-state index contributed by atoms with van der Waals surface area (Å²) in [7, 11) is 0. The largest absolute Gasteiger partial charge is 0.349 e. The van der Waals surface area contributed by atoms with Crippen LogP contribution in [0, 0.1) is 6.92 Å². The molecule has 26 heavy (non-hydrogen) atoms. The fraction of sp³-hybridized carbons (Fsp3) is 0.421. The molecule has 1 aliphatic heterocycles. The van der Waals surface area contributed by atoms with E-state index in [9.17, 15) is 9.59 Å². The molecule has 2 aromatic rings. The molecular formula is C19H24N4O2S. The second kappa shape index (κ2) is 8.42. The molecule has 138 valence electrons. The number of rotatable bonds is 5. The van der Waals surface area contributed by atoms with Crippen LogP contribution in [0.1, 0.15) is 44.3 Å². The highest BCUT2D eigenvalue weighted by molar-refractivity contribution is 7.09. The number of hydrogen-bond donors (Lipinski definition) is 2. The first-order chi connectivity index (χ1) is 12.6. The third-order valence-electron chi connectivity index (χ3n) is 4.64. The molecule has 1 fully saturated rings. The molecule has 6 nitrogen and oxygen atoms in total. The summed E-state index contributed by atoms with van der Waals surface area (Å²) >= 11 is 1.48. The molecule has 0 saturated carbocycles. The number of nitrogens with zero attached hydrogens (tertiary/aromatic N) is 2. The number of aryl methyl sites for hydroxylation is 1. The summed E-state index contributed by atoms with van der Waals surface area (Å²) in [5.74, 6) is -0.0768. The Morgan fingerprint density at radius 3 is 2.73 bits per heavy atom. The second-order valence-corrected chi connectivity index (χ2v) is 7.46. The summed E-state index contributed by atoms with van der Waals surface area (Å²) < 4.78 is 0. The number of aromatic nitrogens is 1. The minimum atomic E-state index is -0.0428. The van der Waals surface area contributed by atoms with Gasteiger partial charge in [-0.15, -0.1) is 11.3 Å². The van der Waals surface area contributed by atoms with Gasteiger partial charge in [-0.3, -0.25) is 9.59 Å². The van der Waals surface area contributed by atoms with Crippen molar-refractivity contribution in [1.29, 1.82) is 0 Å². The maximum absolute atomic E-state index is 12.6. The number of nitrogens with two attached hydrogens (primary N) is 1. The van der Waals surface area contributed by atoms with E-state index in [0.717, 1.165) is 23.4 Å². The summed E-state index contributed by atoms with van der Waals surface area (Å²) in [6.45, 7) is 3.72. The molecule has 3 rings (SSSR count). The van der Waals surface area contributed by atoms with Crippen molar-refractivity contribution in [1.82, 2.24) is 15.2 Å². The van der Waals surface area contributed by atoms with E-state index in [1.165, 1.54) is 11.3 Å². The summed E-state index contributed by atoms with van der Waals surface area (Å²) in [5, 5.41) is 5.80. The van der Waals surface area contributed by atoms with E-state index >= 15 is 0 Å². The maximum Gasteiger partial charge on any atom is 0.273 e. The second-order valence-electron chi connectivity index (χ2n) is 6.52. The minimum Gasteiger partial charge on any atom is -0.349 e. The lowest BCUT2D eigenvalue weighted by atomic mass is 10.0. The van der Waals surface area contributed by atoms with Crippen molar-refractivity contribution in [3.63, 3.8) is 0 Å². The molecule has 0 radical (unpaired) electrons. The van der Waals surface area contributed by atoms with Crippen LogP contribution in [-0.2, 0) is 6.42 Å². The Morgan fingerprint density at radius 2 is 2.04 bits per heavy atom. The molecule has 1 aromatic carbocycles. The van der Waals surface area contributed by atoms with Crippen LogP contribution in [0.25, 0.3) is 0 Å². The predicted molar refractivity (Wildman–Crippen MR) is 102 cm³/mol. The SMILES string of the molecule is Cc1ccccc1C(=O)NC1CCN(C(=O)c2csc(CCN)n2)CC1. The van der Waals surface area contributed by atoms with Crippen molar-refractivity contribution >= 4 is 23.2 Å². The topological polar surface area (TPSA) is 88.3 Å². The molecule has 0 atom stereocenters. The van der Waals surface area contributed by atoms with Crippen LogP contribution in [0.2, 0.25) is 0 Å². The molecule has 1 aliphatic rings. The average molecular weight is 372 g/mol. The van der Waals surface area contributed by atoms with Gasteiger partial charge in [0.25, 0.3) is 11.8 Å². The number of piperidine rings is 1. The van der Waals surface area contributed by atoms with Gasteiger partial charge in [-0.1, -0.05) is 18.2 Å². The molecule has 7 heteroatoms. The summed E-state index contributed by atoms with van der Waals surface area (Å²) in [4.78, 5) is 31.2. The van der Waals surface area contributed by atoms with Gasteiger partial charge in [-0.2, -0.15) is 0 Å². The first-order valence-electron chi connectivity index (χ1n) is 8.88. The van der Waals surface area contributed by atoms with Crippen molar-refractivity contribution in [3.8, 4) is 0 Å². The lowest BCUT2D eigenvalue weighted by Gasteiger charge is -2.32. The highest BCUT2D eigenvalue weighted by Crippen LogP contribution is 2.17. The Labute approximate surface area is 157 Å². The van der Waals surface area contributed by atoms with Crippen LogP contribution in [0.3, 0.4) is 0 Å². The van der Waals surface area contributed by atoms with E-state index in [0.29, 0.717) is 37.3 Å². The molecule has 3 N–H and O–H groups in total. The van der Waals surface area contributed by atoms with Gasteiger partial charge < -0.3 is 16.0 Å². The van der Waals surface area contributed by atoms with Crippen molar-refractivity contribution in [2.24, 2.45) is 5.73 Å². The van der Waals surface area contributed by atoms with Crippen LogP contribution < -0.4 is 11.1 Å². The van der Waals surface area contributed by atoms with Gasteiger partial charge in [0.2, 0.25) is 0 Å². The Bertz CT molecular complexity index is 781. The molecule has 0 unspecified atom stereocenters. The fourth-order valence-electron chi connectivity index (χ4n) is 3.13. The molecule has 1 saturated heterocycles. The Hall–Kier alpha value is -2.25. The van der Waals surface area contributed by atoms with Gasteiger partial charge in [-0.25, -0.2) is 4.98 Å². The number of nitrogens with one attached hydrogen (secondary N) is 1. The van der Waals surface area contributed by atoms with Gasteiger partial charge >= 0.3 is 0 Å². The normalized spacial score (nSPS) is 15.1. The van der Waals surface area contributed by atoms with Crippen molar-refractivity contribution in [2.45, 2.75) is 32.2 Å². The van der Waals surface area contributed by atoms with Gasteiger partial charge in [0.1, 0.15) is 5.69 Å². The first-order valence-corrected chi connectivity index (χ1v) is 9.76. The number of carbonyl (C=O) groups excluding carboxylic acids is 2. The number of hydrogen-bond acceptors (Lipinski definition) is 5. The highest BCUT2D eigenvalue weighted by atomic mass is 32.1. The molecule has 0 aliphatic carbocycles. The zero-order chi connectivity index (χ0) is 18.5.